The molecule has 0 radical (unpaired) electrons. The lowest BCUT2D eigenvalue weighted by molar-refractivity contribution is 0.0428. The predicted molar refractivity (Wildman–Crippen MR) is 139 cm³/mol. The summed E-state index contributed by atoms with van der Waals surface area (Å²) >= 11 is 0. The van der Waals surface area contributed by atoms with Gasteiger partial charge >= 0.3 is 0 Å². The van der Waals surface area contributed by atoms with E-state index in [1.807, 2.05) is 29.2 Å². The van der Waals surface area contributed by atoms with Crippen LogP contribution in [-0.4, -0.2) is 56.9 Å². The number of aryl methyl sites for hydroxylation is 1. The van der Waals surface area contributed by atoms with E-state index in [0.717, 1.165) is 69.0 Å². The molecule has 1 aliphatic heterocycles. The molecule has 6 rings (SSSR count). The summed E-state index contributed by atoms with van der Waals surface area (Å²) in [5.41, 5.74) is 3.72. The van der Waals surface area contributed by atoms with Crippen LogP contribution in [0.25, 0.3) is 0 Å². The third-order valence-corrected chi connectivity index (χ3v) is 8.23. The van der Waals surface area contributed by atoms with Crippen molar-refractivity contribution in [2.75, 3.05) is 13.1 Å². The molecule has 0 spiro atoms. The number of rotatable bonds is 7. The summed E-state index contributed by atoms with van der Waals surface area (Å²) in [6, 6.07) is 16.3. The average Bonchev–Trinajstić information content (AvgIpc) is 3.70. The maximum Gasteiger partial charge on any atom is 0.292 e. The molecule has 2 aromatic heterocycles. The summed E-state index contributed by atoms with van der Waals surface area (Å²) in [4.78, 5) is 35.5. The zero-order valence-corrected chi connectivity index (χ0v) is 21.2. The summed E-state index contributed by atoms with van der Waals surface area (Å²) in [5.74, 6) is 0.744. The number of likely N-dealkylation sites (tertiary alicyclic amines) is 1. The molecule has 7 nitrogen and oxygen atoms in total. The van der Waals surface area contributed by atoms with Crippen LogP contribution in [0.15, 0.2) is 59.3 Å². The van der Waals surface area contributed by atoms with Crippen molar-refractivity contribution < 1.29 is 14.1 Å². The fourth-order valence-electron chi connectivity index (χ4n) is 6.10. The molecule has 3 aliphatic rings. The summed E-state index contributed by atoms with van der Waals surface area (Å²) in [5, 5.41) is 4.19. The van der Waals surface area contributed by atoms with E-state index in [1.165, 1.54) is 5.56 Å². The molecule has 0 bridgehead atoms. The minimum atomic E-state index is -0.0303. The molecular weight excluding hydrogens is 464 g/mol. The van der Waals surface area contributed by atoms with Crippen LogP contribution in [-0.2, 0) is 19.3 Å². The molecule has 0 unspecified atom stereocenters. The number of carbonyl (C=O) groups excluding carboxylic acids is 2. The van der Waals surface area contributed by atoms with E-state index in [1.54, 1.807) is 6.20 Å². The monoisotopic (exact) mass is 498 g/mol. The summed E-state index contributed by atoms with van der Waals surface area (Å²) in [6.45, 7) is 1.33. The molecular formula is C30H34N4O3. The fourth-order valence-corrected chi connectivity index (χ4v) is 6.10. The standard InChI is InChI=1S/C30H34N4O3/c35-29(26-12-6-7-17-31-26)34(23-13-14-23)27(20-21-8-2-1-3-9-21)22-15-18-33(19-16-22)30(36)28-24-10-4-5-11-25(24)32-37-28/h1-3,6-9,12,17,22-23,27H,4-5,10-11,13-16,18-20H2/t27-/m1/s1. The van der Waals surface area contributed by atoms with Crippen molar-refractivity contribution in [2.24, 2.45) is 5.92 Å². The maximum absolute atomic E-state index is 13.7. The molecule has 3 aromatic rings. The molecule has 1 saturated heterocycles. The number of amides is 2. The minimum absolute atomic E-state index is 0.0239. The van der Waals surface area contributed by atoms with Gasteiger partial charge in [0.2, 0.25) is 5.76 Å². The molecule has 192 valence electrons. The Hall–Kier alpha value is -3.48. The molecule has 37 heavy (non-hydrogen) atoms. The quantitative estimate of drug-likeness (QED) is 0.471. The third kappa shape index (κ3) is 5.04. The number of fused-ring (bicyclic) bond motifs is 1. The van der Waals surface area contributed by atoms with Crippen molar-refractivity contribution in [3.8, 4) is 0 Å². The van der Waals surface area contributed by atoms with Gasteiger partial charge < -0.3 is 14.3 Å². The molecule has 0 N–H and O–H groups in total. The predicted octanol–water partition coefficient (Wildman–Crippen LogP) is 4.72. The Morgan fingerprint density at radius 2 is 1.73 bits per heavy atom. The van der Waals surface area contributed by atoms with Crippen molar-refractivity contribution in [3.05, 3.63) is 83.0 Å². The van der Waals surface area contributed by atoms with Crippen molar-refractivity contribution in [2.45, 2.75) is 69.9 Å². The Morgan fingerprint density at radius 3 is 2.46 bits per heavy atom. The van der Waals surface area contributed by atoms with Crippen LogP contribution in [0.5, 0.6) is 0 Å². The Labute approximate surface area is 217 Å². The number of hydrogen-bond donors (Lipinski definition) is 0. The number of benzene rings is 1. The van der Waals surface area contributed by atoms with Crippen LogP contribution >= 0.6 is 0 Å². The van der Waals surface area contributed by atoms with Crippen LogP contribution < -0.4 is 0 Å². The van der Waals surface area contributed by atoms with Crippen LogP contribution in [0.4, 0.5) is 0 Å². The molecule has 3 heterocycles. The van der Waals surface area contributed by atoms with E-state index in [4.69, 9.17) is 4.52 Å². The zero-order valence-electron chi connectivity index (χ0n) is 21.2. The Balaban J connectivity index is 1.21. The highest BCUT2D eigenvalue weighted by Crippen LogP contribution is 2.37. The summed E-state index contributed by atoms with van der Waals surface area (Å²) < 4.78 is 5.54. The van der Waals surface area contributed by atoms with E-state index < -0.39 is 0 Å². The molecule has 2 amide bonds. The van der Waals surface area contributed by atoms with Gasteiger partial charge in [0.1, 0.15) is 5.69 Å². The topological polar surface area (TPSA) is 79.5 Å². The van der Waals surface area contributed by atoms with E-state index >= 15 is 0 Å². The molecule has 2 aliphatic carbocycles. The van der Waals surface area contributed by atoms with Gasteiger partial charge in [0.15, 0.2) is 0 Å². The lowest BCUT2D eigenvalue weighted by atomic mass is 9.84. The molecule has 1 saturated carbocycles. The van der Waals surface area contributed by atoms with E-state index in [9.17, 15) is 9.59 Å². The third-order valence-electron chi connectivity index (χ3n) is 8.23. The van der Waals surface area contributed by atoms with Crippen LogP contribution in [0.2, 0.25) is 0 Å². The van der Waals surface area contributed by atoms with E-state index in [-0.39, 0.29) is 23.9 Å². The first-order chi connectivity index (χ1) is 18.2. The minimum Gasteiger partial charge on any atom is -0.350 e. The first-order valence-corrected chi connectivity index (χ1v) is 13.7. The number of hydrogen-bond acceptors (Lipinski definition) is 5. The lowest BCUT2D eigenvalue weighted by Gasteiger charge is -2.41. The highest BCUT2D eigenvalue weighted by molar-refractivity contribution is 5.93. The highest BCUT2D eigenvalue weighted by Gasteiger charge is 2.42. The smallest absolute Gasteiger partial charge is 0.292 e. The van der Waals surface area contributed by atoms with Crippen molar-refractivity contribution in [3.63, 3.8) is 0 Å². The van der Waals surface area contributed by atoms with Gasteiger partial charge in [-0.05, 0) is 81.4 Å². The maximum atomic E-state index is 13.7. The van der Waals surface area contributed by atoms with Gasteiger partial charge in [-0.15, -0.1) is 0 Å². The van der Waals surface area contributed by atoms with Gasteiger partial charge in [0, 0.05) is 36.9 Å². The second kappa shape index (κ2) is 10.5. The SMILES string of the molecule is O=C(c1onc2c1CCCC2)N1CCC([C@@H](Cc2ccccc2)N(C(=O)c2ccccn2)C2CC2)CC1. The van der Waals surface area contributed by atoms with Crippen LogP contribution in [0.1, 0.15) is 76.4 Å². The molecule has 1 aromatic carbocycles. The first-order valence-electron chi connectivity index (χ1n) is 13.7. The highest BCUT2D eigenvalue weighted by atomic mass is 16.5. The van der Waals surface area contributed by atoms with Crippen molar-refractivity contribution >= 4 is 11.8 Å². The number of carbonyl (C=O) groups is 2. The molecule has 1 atom stereocenters. The van der Waals surface area contributed by atoms with Crippen LogP contribution in [0.3, 0.4) is 0 Å². The Morgan fingerprint density at radius 1 is 0.973 bits per heavy atom. The summed E-state index contributed by atoms with van der Waals surface area (Å²) in [7, 11) is 0. The summed E-state index contributed by atoms with van der Waals surface area (Å²) in [6.07, 6.45) is 10.3. The van der Waals surface area contributed by atoms with Crippen molar-refractivity contribution in [1.29, 1.82) is 0 Å². The van der Waals surface area contributed by atoms with Gasteiger partial charge in [-0.3, -0.25) is 14.6 Å². The average molecular weight is 499 g/mol. The van der Waals surface area contributed by atoms with E-state index in [2.05, 4.69) is 39.3 Å². The van der Waals surface area contributed by atoms with Gasteiger partial charge in [-0.1, -0.05) is 41.6 Å². The van der Waals surface area contributed by atoms with Gasteiger partial charge in [-0.25, -0.2) is 0 Å². The number of aromatic nitrogens is 2. The fraction of sp³-hybridized carbons (Fsp3) is 0.467. The normalized spacial score (nSPS) is 18.8. The number of piperidine rings is 1. The van der Waals surface area contributed by atoms with Gasteiger partial charge in [-0.2, -0.15) is 0 Å². The lowest BCUT2D eigenvalue weighted by Crippen LogP contribution is -2.51. The molecule has 7 heteroatoms. The van der Waals surface area contributed by atoms with Crippen molar-refractivity contribution in [1.82, 2.24) is 19.9 Å². The zero-order chi connectivity index (χ0) is 25.2. The second-order valence-corrected chi connectivity index (χ2v) is 10.7. The second-order valence-electron chi connectivity index (χ2n) is 10.7. The Bertz CT molecular complexity index is 1230. The van der Waals surface area contributed by atoms with E-state index in [0.29, 0.717) is 30.5 Å². The number of pyridine rings is 1. The van der Waals surface area contributed by atoms with Gasteiger partial charge in [0.05, 0.1) is 5.69 Å². The van der Waals surface area contributed by atoms with Gasteiger partial charge in [0.25, 0.3) is 11.8 Å². The Kier molecular flexibility index (Phi) is 6.77. The number of nitrogens with zero attached hydrogens (tertiary/aromatic N) is 4. The van der Waals surface area contributed by atoms with Crippen LogP contribution in [0, 0.1) is 5.92 Å². The molecule has 2 fully saturated rings. The first kappa shape index (κ1) is 23.9. The largest absolute Gasteiger partial charge is 0.350 e.